The lowest BCUT2D eigenvalue weighted by molar-refractivity contribution is 0.437. The van der Waals surface area contributed by atoms with E-state index >= 15 is 0 Å². The minimum Gasteiger partial charge on any atom is -0.424 e. The topological polar surface area (TPSA) is 61.0 Å². The van der Waals surface area contributed by atoms with Crippen LogP contribution in [-0.2, 0) is 6.54 Å². The summed E-state index contributed by atoms with van der Waals surface area (Å²) in [5, 5.41) is 0. The molecule has 0 unspecified atom stereocenters. The standard InChI is InChI=1S/C16H21N3O/c1-10(2)15-6-5-14(7-11(15)3)20-16-18-12(4)8-13(9-17)19-16/h5-8,10H,9,17H2,1-4H3. The second kappa shape index (κ2) is 6.01. The molecule has 0 radical (unpaired) electrons. The van der Waals surface area contributed by atoms with Gasteiger partial charge in [-0.15, -0.1) is 0 Å². The molecule has 0 amide bonds. The zero-order chi connectivity index (χ0) is 14.7. The van der Waals surface area contributed by atoms with Gasteiger partial charge in [-0.2, -0.15) is 4.98 Å². The van der Waals surface area contributed by atoms with Crippen LogP contribution in [0.4, 0.5) is 0 Å². The third-order valence-corrected chi connectivity index (χ3v) is 3.17. The van der Waals surface area contributed by atoms with E-state index in [1.54, 1.807) is 0 Å². The zero-order valence-corrected chi connectivity index (χ0v) is 12.5. The molecular weight excluding hydrogens is 250 g/mol. The molecule has 0 spiro atoms. The molecule has 0 fully saturated rings. The van der Waals surface area contributed by atoms with Crippen LogP contribution in [0.2, 0.25) is 0 Å². The van der Waals surface area contributed by atoms with Crippen molar-refractivity contribution >= 4 is 0 Å². The first-order valence-corrected chi connectivity index (χ1v) is 6.82. The molecule has 0 saturated carbocycles. The highest BCUT2D eigenvalue weighted by molar-refractivity contribution is 5.37. The molecular formula is C16H21N3O. The van der Waals surface area contributed by atoms with Crippen molar-refractivity contribution < 1.29 is 4.74 Å². The van der Waals surface area contributed by atoms with E-state index in [0.29, 0.717) is 18.5 Å². The molecule has 0 bridgehead atoms. The summed E-state index contributed by atoms with van der Waals surface area (Å²) in [5.41, 5.74) is 9.78. The minimum absolute atomic E-state index is 0.349. The Morgan fingerprint density at radius 2 is 1.90 bits per heavy atom. The van der Waals surface area contributed by atoms with Gasteiger partial charge in [-0.05, 0) is 49.1 Å². The molecule has 2 rings (SSSR count). The molecule has 2 aromatic rings. The quantitative estimate of drug-likeness (QED) is 0.925. The molecule has 4 heteroatoms. The summed E-state index contributed by atoms with van der Waals surface area (Å²) in [6.45, 7) is 8.73. The zero-order valence-electron chi connectivity index (χ0n) is 12.5. The van der Waals surface area contributed by atoms with E-state index in [0.717, 1.165) is 17.1 Å². The summed E-state index contributed by atoms with van der Waals surface area (Å²) in [4.78, 5) is 8.55. The van der Waals surface area contributed by atoms with Gasteiger partial charge in [0.05, 0.1) is 5.69 Å². The molecule has 1 aromatic heterocycles. The molecule has 20 heavy (non-hydrogen) atoms. The van der Waals surface area contributed by atoms with Crippen LogP contribution < -0.4 is 10.5 Å². The van der Waals surface area contributed by atoms with E-state index in [9.17, 15) is 0 Å². The van der Waals surface area contributed by atoms with Crippen molar-refractivity contribution in [3.8, 4) is 11.8 Å². The summed E-state index contributed by atoms with van der Waals surface area (Å²) < 4.78 is 5.74. The number of nitrogens with zero attached hydrogens (tertiary/aromatic N) is 2. The van der Waals surface area contributed by atoms with Crippen LogP contribution in [0.3, 0.4) is 0 Å². The summed E-state index contributed by atoms with van der Waals surface area (Å²) >= 11 is 0. The maximum atomic E-state index is 5.74. The fourth-order valence-corrected chi connectivity index (χ4v) is 2.22. The Bertz CT molecular complexity index is 609. The van der Waals surface area contributed by atoms with Gasteiger partial charge in [0.15, 0.2) is 0 Å². The van der Waals surface area contributed by atoms with E-state index in [-0.39, 0.29) is 0 Å². The smallest absolute Gasteiger partial charge is 0.322 e. The van der Waals surface area contributed by atoms with E-state index in [1.165, 1.54) is 11.1 Å². The maximum Gasteiger partial charge on any atom is 0.322 e. The summed E-state index contributed by atoms with van der Waals surface area (Å²) in [5.74, 6) is 1.25. The molecule has 0 aliphatic heterocycles. The molecule has 1 aromatic carbocycles. The normalized spacial score (nSPS) is 10.9. The molecule has 106 valence electrons. The van der Waals surface area contributed by atoms with Crippen molar-refractivity contribution in [2.24, 2.45) is 5.73 Å². The predicted molar refractivity (Wildman–Crippen MR) is 80.0 cm³/mol. The fourth-order valence-electron chi connectivity index (χ4n) is 2.22. The number of hydrogen-bond acceptors (Lipinski definition) is 4. The molecule has 0 aliphatic carbocycles. The van der Waals surface area contributed by atoms with Gasteiger partial charge >= 0.3 is 6.01 Å². The Labute approximate surface area is 120 Å². The Hall–Kier alpha value is -1.94. The Balaban J connectivity index is 2.26. The highest BCUT2D eigenvalue weighted by atomic mass is 16.5. The molecule has 1 heterocycles. The molecule has 0 aliphatic rings. The van der Waals surface area contributed by atoms with Crippen LogP contribution in [0.1, 0.15) is 42.3 Å². The largest absolute Gasteiger partial charge is 0.424 e. The van der Waals surface area contributed by atoms with Crippen LogP contribution >= 0.6 is 0 Å². The van der Waals surface area contributed by atoms with Gasteiger partial charge in [0.2, 0.25) is 0 Å². The lowest BCUT2D eigenvalue weighted by Crippen LogP contribution is -2.03. The number of benzene rings is 1. The number of hydrogen-bond donors (Lipinski definition) is 1. The number of aryl methyl sites for hydroxylation is 2. The van der Waals surface area contributed by atoms with Gasteiger partial charge in [0.25, 0.3) is 0 Å². The highest BCUT2D eigenvalue weighted by Gasteiger charge is 2.07. The predicted octanol–water partition coefficient (Wildman–Crippen LogP) is 3.47. The van der Waals surface area contributed by atoms with Crippen molar-refractivity contribution in [1.82, 2.24) is 9.97 Å². The Kier molecular flexibility index (Phi) is 4.35. The van der Waals surface area contributed by atoms with Gasteiger partial charge in [-0.1, -0.05) is 19.9 Å². The Morgan fingerprint density at radius 3 is 2.50 bits per heavy atom. The summed E-state index contributed by atoms with van der Waals surface area (Å²) in [6.07, 6.45) is 0. The van der Waals surface area contributed by atoms with Gasteiger partial charge < -0.3 is 10.5 Å². The SMILES string of the molecule is Cc1cc(CN)nc(Oc2ccc(C(C)C)c(C)c2)n1. The van der Waals surface area contributed by atoms with Gasteiger partial charge in [0.1, 0.15) is 5.75 Å². The molecule has 0 saturated heterocycles. The van der Waals surface area contributed by atoms with Crippen LogP contribution in [-0.4, -0.2) is 9.97 Å². The number of rotatable bonds is 4. The second-order valence-electron chi connectivity index (χ2n) is 5.26. The molecule has 2 N–H and O–H groups in total. The highest BCUT2D eigenvalue weighted by Crippen LogP contribution is 2.25. The first-order chi connectivity index (χ1) is 9.49. The van der Waals surface area contributed by atoms with E-state index in [2.05, 4.69) is 36.8 Å². The maximum absolute atomic E-state index is 5.74. The monoisotopic (exact) mass is 271 g/mol. The van der Waals surface area contributed by atoms with Crippen molar-refractivity contribution in [2.45, 2.75) is 40.2 Å². The van der Waals surface area contributed by atoms with Crippen molar-refractivity contribution in [1.29, 1.82) is 0 Å². The first-order valence-electron chi connectivity index (χ1n) is 6.82. The lowest BCUT2D eigenvalue weighted by Gasteiger charge is -2.12. The van der Waals surface area contributed by atoms with Crippen LogP contribution in [0.25, 0.3) is 0 Å². The molecule has 0 atom stereocenters. The summed E-state index contributed by atoms with van der Waals surface area (Å²) in [6, 6.07) is 8.27. The Morgan fingerprint density at radius 1 is 1.15 bits per heavy atom. The van der Waals surface area contributed by atoms with Crippen molar-refractivity contribution in [2.75, 3.05) is 0 Å². The van der Waals surface area contributed by atoms with Gasteiger partial charge in [-0.25, -0.2) is 4.98 Å². The fraction of sp³-hybridized carbons (Fsp3) is 0.375. The van der Waals surface area contributed by atoms with E-state index in [1.807, 2.05) is 25.1 Å². The van der Waals surface area contributed by atoms with E-state index < -0.39 is 0 Å². The molecule has 4 nitrogen and oxygen atoms in total. The first kappa shape index (κ1) is 14.5. The average Bonchev–Trinajstić information content (AvgIpc) is 2.37. The minimum atomic E-state index is 0.349. The van der Waals surface area contributed by atoms with Gasteiger partial charge in [-0.3, -0.25) is 0 Å². The van der Waals surface area contributed by atoms with Crippen LogP contribution in [0, 0.1) is 13.8 Å². The van der Waals surface area contributed by atoms with Gasteiger partial charge in [0, 0.05) is 12.2 Å². The lowest BCUT2D eigenvalue weighted by atomic mass is 9.98. The third kappa shape index (κ3) is 3.33. The second-order valence-corrected chi connectivity index (χ2v) is 5.26. The number of ether oxygens (including phenoxy) is 1. The van der Waals surface area contributed by atoms with Crippen molar-refractivity contribution in [3.05, 3.63) is 46.8 Å². The third-order valence-electron chi connectivity index (χ3n) is 3.17. The van der Waals surface area contributed by atoms with Crippen LogP contribution in [0.5, 0.6) is 11.8 Å². The number of nitrogens with two attached hydrogens (primary N) is 1. The van der Waals surface area contributed by atoms with Crippen molar-refractivity contribution in [3.63, 3.8) is 0 Å². The number of aromatic nitrogens is 2. The average molecular weight is 271 g/mol. The van der Waals surface area contributed by atoms with E-state index in [4.69, 9.17) is 10.5 Å². The van der Waals surface area contributed by atoms with Crippen LogP contribution in [0.15, 0.2) is 24.3 Å². The summed E-state index contributed by atoms with van der Waals surface area (Å²) in [7, 11) is 0.